The van der Waals surface area contributed by atoms with Gasteiger partial charge in [0.05, 0.1) is 26.7 Å². The fourth-order valence-corrected chi connectivity index (χ4v) is 2.54. The van der Waals surface area contributed by atoms with Crippen LogP contribution in [0.1, 0.15) is 0 Å². The standard InChI is InChI=1S/C16H14O6/c1-19-12-7-10-13(15(21-3)14(12)20-2)9-5-4-8(17)6-11(9)22-16(10)18/h4-7,17H,1-3H3. The summed E-state index contributed by atoms with van der Waals surface area (Å²) in [7, 11) is 4.45. The Labute approximate surface area is 125 Å². The lowest BCUT2D eigenvalue weighted by atomic mass is 10.1. The average molecular weight is 302 g/mol. The molecule has 3 rings (SSSR count). The van der Waals surface area contributed by atoms with Crippen molar-refractivity contribution in [2.45, 2.75) is 0 Å². The maximum absolute atomic E-state index is 12.2. The molecule has 6 nitrogen and oxygen atoms in total. The van der Waals surface area contributed by atoms with Crippen LogP contribution in [0.2, 0.25) is 0 Å². The topological polar surface area (TPSA) is 78.1 Å². The second kappa shape index (κ2) is 5.14. The van der Waals surface area contributed by atoms with E-state index in [1.54, 1.807) is 12.1 Å². The van der Waals surface area contributed by atoms with Gasteiger partial charge in [-0.05, 0) is 18.2 Å². The van der Waals surface area contributed by atoms with Gasteiger partial charge in [0.2, 0.25) is 5.75 Å². The first kappa shape index (κ1) is 14.1. The van der Waals surface area contributed by atoms with Crippen LogP contribution in [-0.4, -0.2) is 26.4 Å². The summed E-state index contributed by atoms with van der Waals surface area (Å²) in [5, 5.41) is 11.1. The van der Waals surface area contributed by atoms with Crippen molar-refractivity contribution < 1.29 is 23.7 Å². The molecule has 0 aliphatic carbocycles. The summed E-state index contributed by atoms with van der Waals surface area (Å²) in [5.74, 6) is 1.14. The van der Waals surface area contributed by atoms with Gasteiger partial charge in [-0.2, -0.15) is 0 Å². The quantitative estimate of drug-likeness (QED) is 0.592. The van der Waals surface area contributed by atoms with Crippen LogP contribution < -0.4 is 19.8 Å². The zero-order valence-corrected chi connectivity index (χ0v) is 12.3. The zero-order chi connectivity index (χ0) is 15.9. The van der Waals surface area contributed by atoms with E-state index in [-0.39, 0.29) is 11.3 Å². The van der Waals surface area contributed by atoms with Gasteiger partial charge in [0.1, 0.15) is 11.3 Å². The summed E-state index contributed by atoms with van der Waals surface area (Å²) in [6.45, 7) is 0. The molecule has 114 valence electrons. The Bertz CT molecular complexity index is 925. The highest BCUT2D eigenvalue weighted by atomic mass is 16.5. The van der Waals surface area contributed by atoms with Crippen molar-refractivity contribution in [3.05, 3.63) is 34.7 Å². The van der Waals surface area contributed by atoms with E-state index in [9.17, 15) is 9.90 Å². The highest BCUT2D eigenvalue weighted by Crippen LogP contribution is 2.45. The Morgan fingerprint density at radius 3 is 2.32 bits per heavy atom. The van der Waals surface area contributed by atoms with E-state index in [0.29, 0.717) is 33.4 Å². The van der Waals surface area contributed by atoms with Crippen molar-refractivity contribution in [3.63, 3.8) is 0 Å². The highest BCUT2D eigenvalue weighted by molar-refractivity contribution is 6.10. The minimum Gasteiger partial charge on any atom is -0.508 e. The van der Waals surface area contributed by atoms with Crippen LogP contribution in [0.4, 0.5) is 0 Å². The van der Waals surface area contributed by atoms with Gasteiger partial charge in [0.15, 0.2) is 11.5 Å². The molecule has 0 aliphatic heterocycles. The maximum atomic E-state index is 12.2. The number of methoxy groups -OCH3 is 3. The van der Waals surface area contributed by atoms with E-state index in [2.05, 4.69) is 0 Å². The van der Waals surface area contributed by atoms with E-state index >= 15 is 0 Å². The van der Waals surface area contributed by atoms with Gasteiger partial charge >= 0.3 is 5.63 Å². The van der Waals surface area contributed by atoms with Gasteiger partial charge in [-0.25, -0.2) is 4.79 Å². The monoisotopic (exact) mass is 302 g/mol. The maximum Gasteiger partial charge on any atom is 0.344 e. The number of fused-ring (bicyclic) bond motifs is 3. The molecule has 22 heavy (non-hydrogen) atoms. The predicted octanol–water partition coefficient (Wildman–Crippen LogP) is 2.68. The molecular formula is C16H14O6. The lowest BCUT2D eigenvalue weighted by Crippen LogP contribution is -2.04. The van der Waals surface area contributed by atoms with Crippen molar-refractivity contribution in [2.24, 2.45) is 0 Å². The summed E-state index contributed by atoms with van der Waals surface area (Å²) < 4.78 is 21.3. The first-order chi connectivity index (χ1) is 10.6. The third-order valence-electron chi connectivity index (χ3n) is 3.49. The van der Waals surface area contributed by atoms with E-state index < -0.39 is 5.63 Å². The van der Waals surface area contributed by atoms with Gasteiger partial charge in [0.25, 0.3) is 0 Å². The SMILES string of the molecule is COc1cc2c(=O)oc3cc(O)ccc3c2c(OC)c1OC. The normalized spacial score (nSPS) is 10.9. The fraction of sp³-hybridized carbons (Fsp3) is 0.188. The van der Waals surface area contributed by atoms with Gasteiger partial charge in [0, 0.05) is 16.8 Å². The van der Waals surface area contributed by atoms with Crippen LogP contribution >= 0.6 is 0 Å². The molecule has 0 spiro atoms. The molecule has 0 aliphatic rings. The smallest absolute Gasteiger partial charge is 0.344 e. The molecule has 0 radical (unpaired) electrons. The number of benzene rings is 2. The molecule has 3 aromatic rings. The summed E-state index contributed by atoms with van der Waals surface area (Å²) in [6.07, 6.45) is 0. The molecule has 2 aromatic carbocycles. The van der Waals surface area contributed by atoms with Gasteiger partial charge in [-0.15, -0.1) is 0 Å². The predicted molar refractivity (Wildman–Crippen MR) is 81.3 cm³/mol. The van der Waals surface area contributed by atoms with Crippen molar-refractivity contribution in [2.75, 3.05) is 21.3 Å². The number of aromatic hydroxyl groups is 1. The summed E-state index contributed by atoms with van der Waals surface area (Å²) in [5.41, 5.74) is -0.282. The van der Waals surface area contributed by atoms with Crippen LogP contribution in [0.15, 0.2) is 33.5 Å². The Kier molecular flexibility index (Phi) is 3.29. The highest BCUT2D eigenvalue weighted by Gasteiger charge is 2.21. The van der Waals surface area contributed by atoms with E-state index in [1.165, 1.54) is 33.5 Å². The molecule has 1 N–H and O–H groups in total. The molecule has 0 bridgehead atoms. The molecule has 1 heterocycles. The molecule has 6 heteroatoms. The largest absolute Gasteiger partial charge is 0.508 e. The first-order valence-electron chi connectivity index (χ1n) is 6.49. The third-order valence-corrected chi connectivity index (χ3v) is 3.49. The first-order valence-corrected chi connectivity index (χ1v) is 6.49. The van der Waals surface area contributed by atoms with E-state index in [0.717, 1.165) is 0 Å². The Morgan fingerprint density at radius 2 is 1.68 bits per heavy atom. The Morgan fingerprint density at radius 1 is 0.955 bits per heavy atom. The Hall–Kier alpha value is -2.89. The number of phenolic OH excluding ortho intramolecular Hbond substituents is 1. The summed E-state index contributed by atoms with van der Waals surface area (Å²) in [4.78, 5) is 12.2. The van der Waals surface area contributed by atoms with Gasteiger partial charge in [-0.1, -0.05) is 0 Å². The minimum atomic E-state index is -0.549. The zero-order valence-electron chi connectivity index (χ0n) is 12.3. The Balaban J connectivity index is 2.61. The van der Waals surface area contributed by atoms with Crippen LogP contribution in [0.3, 0.4) is 0 Å². The molecule has 0 saturated carbocycles. The van der Waals surface area contributed by atoms with E-state index in [4.69, 9.17) is 18.6 Å². The summed E-state index contributed by atoms with van der Waals surface area (Å²) in [6, 6.07) is 6.10. The number of rotatable bonds is 3. The lowest BCUT2D eigenvalue weighted by molar-refractivity contribution is 0.327. The number of hydrogen-bond donors (Lipinski definition) is 1. The fourth-order valence-electron chi connectivity index (χ4n) is 2.54. The second-order valence-electron chi connectivity index (χ2n) is 4.64. The molecule has 0 unspecified atom stereocenters. The van der Waals surface area contributed by atoms with Crippen LogP contribution in [0.25, 0.3) is 21.7 Å². The molecule has 0 atom stereocenters. The number of hydrogen-bond acceptors (Lipinski definition) is 6. The number of ether oxygens (including phenoxy) is 3. The lowest BCUT2D eigenvalue weighted by Gasteiger charge is -2.15. The van der Waals surface area contributed by atoms with Gasteiger partial charge in [-0.3, -0.25) is 0 Å². The van der Waals surface area contributed by atoms with Crippen molar-refractivity contribution in [3.8, 4) is 23.0 Å². The van der Waals surface area contributed by atoms with Crippen molar-refractivity contribution in [1.29, 1.82) is 0 Å². The summed E-state index contributed by atoms with van der Waals surface area (Å²) >= 11 is 0. The molecule has 0 saturated heterocycles. The van der Waals surface area contributed by atoms with Crippen molar-refractivity contribution >= 4 is 21.7 Å². The molecule has 1 aromatic heterocycles. The van der Waals surface area contributed by atoms with E-state index in [1.807, 2.05) is 0 Å². The molecule has 0 amide bonds. The van der Waals surface area contributed by atoms with Crippen LogP contribution in [0, 0.1) is 0 Å². The average Bonchev–Trinajstić information content (AvgIpc) is 2.52. The van der Waals surface area contributed by atoms with Crippen LogP contribution in [-0.2, 0) is 0 Å². The third kappa shape index (κ3) is 1.92. The molecular weight excluding hydrogens is 288 g/mol. The van der Waals surface area contributed by atoms with Crippen LogP contribution in [0.5, 0.6) is 23.0 Å². The molecule has 0 fully saturated rings. The number of phenols is 1. The minimum absolute atomic E-state index is 0.00874. The van der Waals surface area contributed by atoms with Crippen molar-refractivity contribution in [1.82, 2.24) is 0 Å². The van der Waals surface area contributed by atoms with Gasteiger partial charge < -0.3 is 23.7 Å². The second-order valence-corrected chi connectivity index (χ2v) is 4.64.